The van der Waals surface area contributed by atoms with Crippen molar-refractivity contribution in [3.8, 4) is 0 Å². The summed E-state index contributed by atoms with van der Waals surface area (Å²) in [4.78, 5) is 16.8. The molecular formula is C20H23ClIN3O3S. The van der Waals surface area contributed by atoms with E-state index in [1.165, 1.54) is 4.31 Å². The molecule has 0 aromatic heterocycles. The predicted octanol–water partition coefficient (Wildman–Crippen LogP) is 3.37. The Morgan fingerprint density at radius 3 is 2.31 bits per heavy atom. The van der Waals surface area contributed by atoms with Crippen LogP contribution in [0.4, 0.5) is 11.4 Å². The first-order chi connectivity index (χ1) is 13.6. The Labute approximate surface area is 190 Å². The summed E-state index contributed by atoms with van der Waals surface area (Å²) in [7, 11) is -3.57. The van der Waals surface area contributed by atoms with E-state index in [-0.39, 0.29) is 12.5 Å². The highest BCUT2D eigenvalue weighted by Crippen LogP contribution is 2.25. The SMILES string of the molecule is Cc1ccc(Cl)cc1N1CCN(C(=O)CN(c2ccc(I)cc2)S(C)(=O)=O)CC1. The number of carbonyl (C=O) groups is 1. The lowest BCUT2D eigenvalue weighted by Gasteiger charge is -2.37. The van der Waals surface area contributed by atoms with Gasteiger partial charge in [0.15, 0.2) is 0 Å². The lowest BCUT2D eigenvalue weighted by atomic mass is 10.1. The maximum absolute atomic E-state index is 12.8. The number of halogens is 2. The van der Waals surface area contributed by atoms with Crippen molar-refractivity contribution in [2.75, 3.05) is 48.2 Å². The zero-order chi connectivity index (χ0) is 21.2. The predicted molar refractivity (Wildman–Crippen MR) is 126 cm³/mol. The van der Waals surface area contributed by atoms with Gasteiger partial charge in [0.1, 0.15) is 6.54 Å². The van der Waals surface area contributed by atoms with E-state index < -0.39 is 10.0 Å². The molecule has 1 heterocycles. The number of anilines is 2. The molecule has 0 radical (unpaired) electrons. The largest absolute Gasteiger partial charge is 0.368 e. The zero-order valence-corrected chi connectivity index (χ0v) is 20.0. The molecule has 9 heteroatoms. The van der Waals surface area contributed by atoms with E-state index in [1.807, 2.05) is 37.3 Å². The van der Waals surface area contributed by atoms with Crippen molar-refractivity contribution in [3.05, 3.63) is 56.6 Å². The molecule has 1 aliphatic rings. The summed E-state index contributed by atoms with van der Waals surface area (Å²) >= 11 is 8.29. The van der Waals surface area contributed by atoms with Gasteiger partial charge in [-0.25, -0.2) is 8.42 Å². The molecule has 0 atom stereocenters. The van der Waals surface area contributed by atoms with Gasteiger partial charge in [0.2, 0.25) is 15.9 Å². The molecule has 1 fully saturated rings. The second-order valence-electron chi connectivity index (χ2n) is 7.04. The minimum Gasteiger partial charge on any atom is -0.368 e. The Kier molecular flexibility index (Phi) is 6.95. The van der Waals surface area contributed by atoms with Crippen molar-refractivity contribution in [1.29, 1.82) is 0 Å². The van der Waals surface area contributed by atoms with Gasteiger partial charge in [0.25, 0.3) is 0 Å². The topological polar surface area (TPSA) is 60.9 Å². The summed E-state index contributed by atoms with van der Waals surface area (Å²) in [6.07, 6.45) is 1.12. The van der Waals surface area contributed by atoms with Crippen molar-refractivity contribution in [3.63, 3.8) is 0 Å². The molecule has 2 aromatic carbocycles. The van der Waals surface area contributed by atoms with Crippen molar-refractivity contribution in [1.82, 2.24) is 4.90 Å². The van der Waals surface area contributed by atoms with Crippen LogP contribution in [0.3, 0.4) is 0 Å². The second kappa shape index (κ2) is 9.09. The third-order valence-electron chi connectivity index (χ3n) is 4.94. The van der Waals surface area contributed by atoms with Crippen LogP contribution in [-0.2, 0) is 14.8 Å². The molecule has 1 amide bonds. The highest BCUT2D eigenvalue weighted by Gasteiger charge is 2.27. The highest BCUT2D eigenvalue weighted by molar-refractivity contribution is 14.1. The van der Waals surface area contributed by atoms with Gasteiger partial charge in [0.05, 0.1) is 11.9 Å². The minimum atomic E-state index is -3.57. The van der Waals surface area contributed by atoms with Crippen LogP contribution in [0.5, 0.6) is 0 Å². The minimum absolute atomic E-state index is 0.198. The first kappa shape index (κ1) is 22.2. The number of rotatable bonds is 5. The summed E-state index contributed by atoms with van der Waals surface area (Å²) in [5, 5.41) is 0.686. The van der Waals surface area contributed by atoms with E-state index in [1.54, 1.807) is 17.0 Å². The summed E-state index contributed by atoms with van der Waals surface area (Å²) in [5.41, 5.74) is 2.70. The number of aryl methyl sites for hydroxylation is 1. The lowest BCUT2D eigenvalue weighted by Crippen LogP contribution is -2.52. The number of carbonyl (C=O) groups excluding carboxylic acids is 1. The third-order valence-corrected chi connectivity index (χ3v) is 7.03. The third kappa shape index (κ3) is 5.55. The van der Waals surface area contributed by atoms with Crippen molar-refractivity contribution in [2.24, 2.45) is 0 Å². The van der Waals surface area contributed by atoms with Gasteiger partial charge in [-0.05, 0) is 71.5 Å². The molecule has 156 valence electrons. The number of benzene rings is 2. The molecule has 0 N–H and O–H groups in total. The zero-order valence-electron chi connectivity index (χ0n) is 16.3. The van der Waals surface area contributed by atoms with Gasteiger partial charge in [-0.3, -0.25) is 9.10 Å². The molecule has 0 bridgehead atoms. The van der Waals surface area contributed by atoms with Gasteiger partial charge in [-0.2, -0.15) is 0 Å². The summed E-state index contributed by atoms with van der Waals surface area (Å²) in [5.74, 6) is -0.198. The molecule has 0 aliphatic carbocycles. The van der Waals surface area contributed by atoms with E-state index in [0.717, 1.165) is 21.1 Å². The first-order valence-electron chi connectivity index (χ1n) is 9.17. The number of amides is 1. The number of nitrogens with zero attached hydrogens (tertiary/aromatic N) is 3. The molecule has 3 rings (SSSR count). The van der Waals surface area contributed by atoms with E-state index in [0.29, 0.717) is 36.9 Å². The molecule has 0 unspecified atom stereocenters. The van der Waals surface area contributed by atoms with Gasteiger partial charge >= 0.3 is 0 Å². The summed E-state index contributed by atoms with van der Waals surface area (Å²) in [6, 6.07) is 12.9. The van der Waals surface area contributed by atoms with Gasteiger partial charge < -0.3 is 9.80 Å². The monoisotopic (exact) mass is 547 g/mol. The maximum Gasteiger partial charge on any atom is 0.243 e. The van der Waals surface area contributed by atoms with Crippen LogP contribution in [0, 0.1) is 10.5 Å². The Morgan fingerprint density at radius 1 is 1.10 bits per heavy atom. The fraction of sp³-hybridized carbons (Fsp3) is 0.350. The van der Waals surface area contributed by atoms with Crippen LogP contribution in [0.25, 0.3) is 0 Å². The van der Waals surface area contributed by atoms with E-state index in [2.05, 4.69) is 27.5 Å². The second-order valence-corrected chi connectivity index (χ2v) is 10.6. The lowest BCUT2D eigenvalue weighted by molar-refractivity contribution is -0.129. The van der Waals surface area contributed by atoms with Gasteiger partial charge in [0, 0.05) is 40.5 Å². The Bertz CT molecular complexity index is 991. The van der Waals surface area contributed by atoms with Crippen LogP contribution in [0.1, 0.15) is 5.56 Å². The van der Waals surface area contributed by atoms with Gasteiger partial charge in [-0.15, -0.1) is 0 Å². The van der Waals surface area contributed by atoms with Crippen molar-refractivity contribution >= 4 is 61.5 Å². The fourth-order valence-electron chi connectivity index (χ4n) is 3.35. The average molecular weight is 548 g/mol. The quantitative estimate of drug-likeness (QED) is 0.539. The normalized spacial score (nSPS) is 14.8. The van der Waals surface area contributed by atoms with Gasteiger partial charge in [-0.1, -0.05) is 17.7 Å². The molecule has 0 saturated carbocycles. The number of hydrogen-bond acceptors (Lipinski definition) is 4. The molecule has 2 aromatic rings. The smallest absolute Gasteiger partial charge is 0.243 e. The summed E-state index contributed by atoms with van der Waals surface area (Å²) in [6.45, 7) is 4.26. The number of piperazine rings is 1. The van der Waals surface area contributed by atoms with E-state index >= 15 is 0 Å². The Balaban J connectivity index is 1.68. The highest BCUT2D eigenvalue weighted by atomic mass is 127. The van der Waals surface area contributed by atoms with Crippen LogP contribution in [0.15, 0.2) is 42.5 Å². The molecule has 6 nitrogen and oxygen atoms in total. The molecule has 1 aliphatic heterocycles. The average Bonchev–Trinajstić information content (AvgIpc) is 2.68. The van der Waals surface area contributed by atoms with Crippen LogP contribution >= 0.6 is 34.2 Å². The first-order valence-corrected chi connectivity index (χ1v) is 12.5. The maximum atomic E-state index is 12.8. The van der Waals surface area contributed by atoms with Crippen LogP contribution in [-0.4, -0.2) is 58.2 Å². The molecule has 1 saturated heterocycles. The van der Waals surface area contributed by atoms with E-state index in [9.17, 15) is 13.2 Å². The molecule has 0 spiro atoms. The standard InChI is InChI=1S/C20H23ClIN3O3S/c1-15-3-4-16(21)13-19(15)23-9-11-24(12-10-23)20(26)14-25(29(2,27)28)18-7-5-17(22)6-8-18/h3-8,13H,9-12,14H2,1-2H3. The van der Waals surface area contributed by atoms with Crippen LogP contribution in [0.2, 0.25) is 5.02 Å². The molecule has 29 heavy (non-hydrogen) atoms. The Morgan fingerprint density at radius 2 is 1.72 bits per heavy atom. The number of sulfonamides is 1. The summed E-state index contributed by atoms with van der Waals surface area (Å²) < 4.78 is 26.7. The van der Waals surface area contributed by atoms with Crippen molar-refractivity contribution in [2.45, 2.75) is 6.92 Å². The Hall–Kier alpha value is -1.52. The fourth-order valence-corrected chi connectivity index (χ4v) is 4.73. The molecular weight excluding hydrogens is 525 g/mol. The number of hydrogen-bond donors (Lipinski definition) is 0. The van der Waals surface area contributed by atoms with Crippen LogP contribution < -0.4 is 9.21 Å². The van der Waals surface area contributed by atoms with E-state index in [4.69, 9.17) is 11.6 Å². The van der Waals surface area contributed by atoms with Crippen molar-refractivity contribution < 1.29 is 13.2 Å².